The third-order valence-corrected chi connectivity index (χ3v) is 13.9. The van der Waals surface area contributed by atoms with Gasteiger partial charge in [-0.1, -0.05) is 0 Å². The monoisotopic (exact) mass is 720 g/mol. The van der Waals surface area contributed by atoms with E-state index in [2.05, 4.69) is 11.4 Å². The summed E-state index contributed by atoms with van der Waals surface area (Å²) in [5, 5.41) is 14.4. The van der Waals surface area contributed by atoms with Crippen LogP contribution in [0.3, 0.4) is 0 Å². The number of nitrogens with zero attached hydrogens (tertiary/aromatic N) is 1. The average Bonchev–Trinajstić information content (AvgIpc) is 3.19. The Hall–Kier alpha value is -5.53. The summed E-state index contributed by atoms with van der Waals surface area (Å²) in [5.41, 5.74) is 0.905. The van der Waals surface area contributed by atoms with Gasteiger partial charge in [-0.2, -0.15) is 0 Å². The molecule has 0 atom stereocenters. The van der Waals surface area contributed by atoms with Crippen LogP contribution in [0.4, 0.5) is 0 Å². The zero-order valence-corrected chi connectivity index (χ0v) is 31.4. The number of methoxy groups -OCH3 is 9. The van der Waals surface area contributed by atoms with Gasteiger partial charge < -0.3 is 0 Å². The molecule has 1 N–H and O–H groups in total. The average molecular weight is 721 g/mol. The maximum absolute atomic E-state index is 13.2. The van der Waals surface area contributed by atoms with E-state index < -0.39 is 7.26 Å². The van der Waals surface area contributed by atoms with E-state index in [9.17, 15) is 10.1 Å². The minimum atomic E-state index is -3.69. The van der Waals surface area contributed by atoms with Crippen LogP contribution in [0.1, 0.15) is 22.3 Å². The van der Waals surface area contributed by atoms with Crippen LogP contribution in [-0.2, 0) is 0 Å². The standard InChI is InChI=1S/C38H45N2O10P/c1-42-26-17-29(45-4)35(30(18-26)46-5)51(36-31(47-6)19-27(43-2)20-32(36)48-7,37-33(49-8)21-28(44-3)22-34(37)50-9)16-10-15-40-38(41)25-13-11-24(23-39)12-14-25/h11-14,17-22,51H,10,15-16H2,1-9H3,(H,40,41). The summed E-state index contributed by atoms with van der Waals surface area (Å²) < 4.78 is 53.9. The van der Waals surface area contributed by atoms with Gasteiger partial charge in [0.2, 0.25) is 0 Å². The molecule has 0 saturated carbocycles. The van der Waals surface area contributed by atoms with Crippen LogP contribution in [0.2, 0.25) is 0 Å². The molecule has 51 heavy (non-hydrogen) atoms. The normalized spacial score (nSPS) is 11.1. The first-order chi connectivity index (χ1) is 24.7. The van der Waals surface area contributed by atoms with Crippen molar-refractivity contribution in [3.63, 3.8) is 0 Å². The van der Waals surface area contributed by atoms with Gasteiger partial charge in [-0.25, -0.2) is 0 Å². The topological polar surface area (TPSA) is 136 Å². The molecule has 0 fully saturated rings. The van der Waals surface area contributed by atoms with Crippen molar-refractivity contribution in [3.8, 4) is 57.8 Å². The second-order valence-corrected chi connectivity index (χ2v) is 15.0. The molecule has 0 aliphatic rings. The van der Waals surface area contributed by atoms with Crippen molar-refractivity contribution in [3.05, 3.63) is 71.8 Å². The second kappa shape index (κ2) is 17.4. The number of nitriles is 1. The Morgan fingerprint density at radius 3 is 1.18 bits per heavy atom. The molecule has 13 heteroatoms. The van der Waals surface area contributed by atoms with E-state index in [-0.39, 0.29) is 12.5 Å². The number of ether oxygens (including phenoxy) is 9. The van der Waals surface area contributed by atoms with Crippen molar-refractivity contribution in [2.24, 2.45) is 0 Å². The molecule has 12 nitrogen and oxygen atoms in total. The predicted octanol–water partition coefficient (Wildman–Crippen LogP) is 4.48. The van der Waals surface area contributed by atoms with Crippen LogP contribution in [0.5, 0.6) is 51.7 Å². The summed E-state index contributed by atoms with van der Waals surface area (Å²) in [6.45, 7) is 0.288. The SMILES string of the molecule is COc1cc(OC)c([PH](CCCNC(=O)c2ccc(C#N)cc2)(c2c(OC)cc(OC)cc2OC)c2c(OC)cc(OC)cc2OC)c(OC)c1. The number of carbonyl (C=O) groups is 1. The van der Waals surface area contributed by atoms with Gasteiger partial charge in [0.15, 0.2) is 0 Å². The molecule has 0 aromatic heterocycles. The molecular weight excluding hydrogens is 675 g/mol. The summed E-state index contributed by atoms with van der Waals surface area (Å²) in [6.07, 6.45) is 0.890. The molecule has 0 bridgehead atoms. The van der Waals surface area contributed by atoms with Crippen LogP contribution in [0, 0.1) is 11.3 Å². The fourth-order valence-corrected chi connectivity index (χ4v) is 12.2. The zero-order chi connectivity index (χ0) is 37.1. The van der Waals surface area contributed by atoms with Gasteiger partial charge in [0.1, 0.15) is 0 Å². The Bertz CT molecular complexity index is 1650. The molecule has 4 aromatic rings. The zero-order valence-electron chi connectivity index (χ0n) is 30.4. The number of carbonyl (C=O) groups excluding carboxylic acids is 1. The van der Waals surface area contributed by atoms with Crippen LogP contribution < -0.4 is 63.9 Å². The quantitative estimate of drug-likeness (QED) is 0.122. The summed E-state index contributed by atoms with van der Waals surface area (Å²) in [5.74, 6) is 4.20. The van der Waals surface area contributed by atoms with Gasteiger partial charge in [0.05, 0.1) is 0 Å². The molecule has 0 heterocycles. The van der Waals surface area contributed by atoms with Crippen LogP contribution >= 0.6 is 7.26 Å². The van der Waals surface area contributed by atoms with E-state index in [1.165, 1.54) is 0 Å². The van der Waals surface area contributed by atoms with E-state index in [1.54, 1.807) is 125 Å². The van der Waals surface area contributed by atoms with Crippen LogP contribution in [-0.4, -0.2) is 82.6 Å². The first-order valence-electron chi connectivity index (χ1n) is 15.9. The van der Waals surface area contributed by atoms with Gasteiger partial charge in [0, 0.05) is 0 Å². The fraction of sp³-hybridized carbons (Fsp3) is 0.316. The van der Waals surface area contributed by atoms with E-state index in [1.807, 2.05) is 0 Å². The summed E-state index contributed by atoms with van der Waals surface area (Å²) in [6, 6.07) is 19.4. The van der Waals surface area contributed by atoms with Gasteiger partial charge in [-0.05, 0) is 0 Å². The molecule has 1 amide bonds. The number of hydrogen-bond acceptors (Lipinski definition) is 11. The third-order valence-electron chi connectivity index (χ3n) is 8.72. The van der Waals surface area contributed by atoms with Crippen molar-refractivity contribution < 1.29 is 47.4 Å². The molecular formula is C38H45N2O10P. The maximum atomic E-state index is 13.2. The molecule has 0 radical (unpaired) electrons. The Kier molecular flexibility index (Phi) is 13.1. The van der Waals surface area contributed by atoms with Crippen molar-refractivity contribution in [1.82, 2.24) is 5.32 Å². The molecule has 0 spiro atoms. The molecule has 4 aromatic carbocycles. The van der Waals surface area contributed by atoms with Gasteiger partial charge in [0.25, 0.3) is 0 Å². The van der Waals surface area contributed by atoms with E-state index in [4.69, 9.17) is 42.6 Å². The molecule has 4 rings (SSSR count). The molecule has 0 saturated heterocycles. The van der Waals surface area contributed by atoms with Gasteiger partial charge in [-0.15, -0.1) is 0 Å². The van der Waals surface area contributed by atoms with Crippen LogP contribution in [0.15, 0.2) is 60.7 Å². The van der Waals surface area contributed by atoms with Crippen molar-refractivity contribution >= 4 is 29.1 Å². The predicted molar refractivity (Wildman–Crippen MR) is 198 cm³/mol. The molecule has 0 unspecified atom stereocenters. The van der Waals surface area contributed by atoms with Gasteiger partial charge in [-0.3, -0.25) is 0 Å². The van der Waals surface area contributed by atoms with Crippen LogP contribution in [0.25, 0.3) is 0 Å². The third kappa shape index (κ3) is 7.64. The summed E-state index contributed by atoms with van der Waals surface area (Å²) in [4.78, 5) is 13.2. The first-order valence-corrected chi connectivity index (χ1v) is 18.1. The summed E-state index contributed by atoms with van der Waals surface area (Å²) >= 11 is 0. The molecule has 0 aliphatic heterocycles. The second-order valence-electron chi connectivity index (χ2n) is 11.2. The Morgan fingerprint density at radius 1 is 0.569 bits per heavy atom. The minimum absolute atomic E-state index is 0.273. The number of amides is 1. The Balaban J connectivity index is 2.12. The van der Waals surface area contributed by atoms with Crippen molar-refractivity contribution in [2.45, 2.75) is 6.42 Å². The fourth-order valence-electron chi connectivity index (χ4n) is 6.38. The van der Waals surface area contributed by atoms with Crippen molar-refractivity contribution in [1.29, 1.82) is 5.26 Å². The van der Waals surface area contributed by atoms with Crippen molar-refractivity contribution in [2.75, 3.05) is 76.7 Å². The number of rotatable bonds is 17. The van der Waals surface area contributed by atoms with E-state index >= 15 is 0 Å². The van der Waals surface area contributed by atoms with E-state index in [0.29, 0.717) is 75.5 Å². The van der Waals surface area contributed by atoms with E-state index in [0.717, 1.165) is 15.9 Å². The number of hydrogen-bond donors (Lipinski definition) is 1. The molecule has 0 aliphatic carbocycles. The first kappa shape index (κ1) is 38.3. The van der Waals surface area contributed by atoms with Gasteiger partial charge >= 0.3 is 300 Å². The number of benzene rings is 4. The number of nitrogens with one attached hydrogen (secondary N) is 1. The Morgan fingerprint density at radius 2 is 0.902 bits per heavy atom. The summed E-state index contributed by atoms with van der Waals surface area (Å²) in [7, 11) is 10.5. The molecule has 272 valence electrons. The Labute approximate surface area is 299 Å².